The Kier molecular flexibility index (Phi) is 10.7. The zero-order valence-electron chi connectivity index (χ0n) is 9.58. The maximum atomic E-state index is 7.01. The molecule has 1 saturated heterocycles. The van der Waals surface area contributed by atoms with E-state index >= 15 is 0 Å². The third kappa shape index (κ3) is 7.77. The van der Waals surface area contributed by atoms with Gasteiger partial charge >= 0.3 is 0 Å². The van der Waals surface area contributed by atoms with Crippen LogP contribution in [0.25, 0.3) is 0 Å². The molecule has 3 N–H and O–H groups in total. The van der Waals surface area contributed by atoms with Crippen molar-refractivity contribution in [2.24, 2.45) is 5.73 Å². The molecule has 0 unspecified atom stereocenters. The van der Waals surface area contributed by atoms with Crippen molar-refractivity contribution < 1.29 is 0 Å². The highest BCUT2D eigenvalue weighted by Crippen LogP contribution is 2.14. The number of rotatable bonds is 1. The van der Waals surface area contributed by atoms with Crippen LogP contribution in [0.4, 0.5) is 0 Å². The first-order valence-electron chi connectivity index (χ1n) is 5.15. The fourth-order valence-corrected chi connectivity index (χ4v) is 2.15. The van der Waals surface area contributed by atoms with Crippen molar-refractivity contribution in [2.75, 3.05) is 17.3 Å². The van der Waals surface area contributed by atoms with Crippen molar-refractivity contribution in [1.82, 2.24) is 0 Å². The molecule has 1 aliphatic heterocycles. The molecule has 1 aromatic carbocycles. The van der Waals surface area contributed by atoms with Gasteiger partial charge in [-0.1, -0.05) is 46.3 Å². The van der Waals surface area contributed by atoms with Crippen LogP contribution in [0.1, 0.15) is 18.4 Å². The molecule has 1 aromatic rings. The van der Waals surface area contributed by atoms with Gasteiger partial charge < -0.3 is 5.73 Å². The molecule has 0 atom stereocenters. The summed E-state index contributed by atoms with van der Waals surface area (Å²) < 4.78 is 0. The molecule has 0 amide bonds. The molecule has 0 bridgehead atoms. The van der Waals surface area contributed by atoms with Crippen LogP contribution in [0, 0.1) is 5.41 Å². The predicted molar refractivity (Wildman–Crippen MR) is 78.9 cm³/mol. The van der Waals surface area contributed by atoms with Crippen molar-refractivity contribution >= 4 is 33.5 Å². The molecule has 0 aliphatic carbocycles. The summed E-state index contributed by atoms with van der Waals surface area (Å²) in [6, 6.07) is 9.23. The minimum atomic E-state index is 0.121. The first-order chi connectivity index (χ1) is 7.80. The minimum Gasteiger partial charge on any atom is -0.384 e. The van der Waals surface area contributed by atoms with Crippen LogP contribution in [0.15, 0.2) is 30.3 Å². The van der Waals surface area contributed by atoms with Crippen LogP contribution in [-0.4, -0.2) is 23.2 Å². The number of nitrogens with one attached hydrogen (secondary N) is 1. The molecule has 0 radical (unpaired) electrons. The fraction of sp³-hybridized carbons (Fsp3) is 0.417. The Bertz CT molecular complexity index is 266. The molecule has 2 rings (SSSR count). The fourth-order valence-electron chi connectivity index (χ4n) is 1.13. The largest absolute Gasteiger partial charge is 0.384 e. The Morgan fingerprint density at radius 2 is 1.69 bits per heavy atom. The first-order valence-corrected chi connectivity index (χ1v) is 7.90. The zero-order chi connectivity index (χ0) is 12.2. The normalized spacial score (nSPS) is 12.9. The van der Waals surface area contributed by atoms with E-state index < -0.39 is 0 Å². The second-order valence-corrected chi connectivity index (χ2v) is 4.32. The van der Waals surface area contributed by atoms with E-state index in [1.807, 2.05) is 36.2 Å². The van der Waals surface area contributed by atoms with E-state index in [9.17, 15) is 0 Å². The standard InChI is InChI=1S/C7H8N2.C4H8S.CH3Br/c8-7(9)6-4-2-1-3-5-6;1-2-4-5-3-1;1-2/h1-5H,(H3,8,9);1-4H2;1H3. The van der Waals surface area contributed by atoms with Crippen molar-refractivity contribution in [3.63, 3.8) is 0 Å². The Balaban J connectivity index is 0.000000272. The number of hydrogen-bond donors (Lipinski definition) is 2. The highest BCUT2D eigenvalue weighted by atomic mass is 79.9. The molecule has 2 nitrogen and oxygen atoms in total. The summed E-state index contributed by atoms with van der Waals surface area (Å²) in [7, 11) is 0. The number of benzene rings is 1. The summed E-state index contributed by atoms with van der Waals surface area (Å²) in [5.41, 5.74) is 5.97. The Morgan fingerprint density at radius 1 is 1.19 bits per heavy atom. The van der Waals surface area contributed by atoms with Crippen LogP contribution >= 0.6 is 27.7 Å². The van der Waals surface area contributed by atoms with Crippen molar-refractivity contribution in [3.05, 3.63) is 35.9 Å². The summed E-state index contributed by atoms with van der Waals surface area (Å²) >= 11 is 5.01. The number of nitrogen functional groups attached to an aromatic ring is 1. The zero-order valence-corrected chi connectivity index (χ0v) is 12.0. The van der Waals surface area contributed by atoms with Gasteiger partial charge in [-0.2, -0.15) is 11.8 Å². The molecule has 1 aliphatic rings. The van der Waals surface area contributed by atoms with Gasteiger partial charge in [-0.25, -0.2) is 0 Å². The molecule has 90 valence electrons. The second-order valence-electron chi connectivity index (χ2n) is 3.10. The number of thioether (sulfide) groups is 1. The number of hydrogen-bond acceptors (Lipinski definition) is 2. The molecule has 4 heteroatoms. The van der Waals surface area contributed by atoms with Gasteiger partial charge in [0.1, 0.15) is 5.84 Å². The quantitative estimate of drug-likeness (QED) is 0.474. The lowest BCUT2D eigenvalue weighted by atomic mass is 10.2. The smallest absolute Gasteiger partial charge is 0.122 e. The Hall–Kier alpha value is -0.480. The molecule has 0 aromatic heterocycles. The Labute approximate surface area is 111 Å². The first kappa shape index (κ1) is 15.5. The lowest BCUT2D eigenvalue weighted by Gasteiger charge is -1.93. The molecular weight excluding hydrogens is 284 g/mol. The van der Waals surface area contributed by atoms with Crippen LogP contribution in [0.5, 0.6) is 0 Å². The molecular formula is C12H19BrN2S. The lowest BCUT2D eigenvalue weighted by Crippen LogP contribution is -2.10. The van der Waals surface area contributed by atoms with Gasteiger partial charge in [-0.05, 0) is 30.2 Å². The van der Waals surface area contributed by atoms with Gasteiger partial charge in [0.25, 0.3) is 0 Å². The van der Waals surface area contributed by atoms with E-state index in [4.69, 9.17) is 11.1 Å². The van der Waals surface area contributed by atoms with Crippen LogP contribution in [0.2, 0.25) is 0 Å². The summed E-state index contributed by atoms with van der Waals surface area (Å²) in [6.45, 7) is 0. The molecule has 1 fully saturated rings. The third-order valence-electron chi connectivity index (χ3n) is 1.91. The summed E-state index contributed by atoms with van der Waals surface area (Å²) in [5.74, 6) is 4.77. The molecule has 1 heterocycles. The predicted octanol–water partition coefficient (Wildman–Crippen LogP) is 3.50. The second kappa shape index (κ2) is 11.0. The Morgan fingerprint density at radius 3 is 1.94 bits per heavy atom. The molecule has 0 saturated carbocycles. The number of nitrogens with two attached hydrogens (primary N) is 1. The van der Waals surface area contributed by atoms with Gasteiger partial charge in [0.15, 0.2) is 0 Å². The molecule has 0 spiro atoms. The number of alkyl halides is 1. The van der Waals surface area contributed by atoms with Gasteiger partial charge in [0.05, 0.1) is 0 Å². The third-order valence-corrected chi connectivity index (χ3v) is 3.07. The lowest BCUT2D eigenvalue weighted by molar-refractivity contribution is 0.949. The van der Waals surface area contributed by atoms with E-state index in [1.54, 1.807) is 0 Å². The SMILES string of the molecule is C1CCSC1.CBr.N=C(N)c1ccccc1. The number of amidine groups is 1. The van der Waals surface area contributed by atoms with Crippen molar-refractivity contribution in [1.29, 1.82) is 5.41 Å². The highest BCUT2D eigenvalue weighted by molar-refractivity contribution is 9.08. The van der Waals surface area contributed by atoms with E-state index in [1.165, 1.54) is 24.3 Å². The van der Waals surface area contributed by atoms with E-state index in [-0.39, 0.29) is 5.84 Å². The maximum absolute atomic E-state index is 7.01. The van der Waals surface area contributed by atoms with E-state index in [0.717, 1.165) is 5.56 Å². The van der Waals surface area contributed by atoms with Crippen molar-refractivity contribution in [2.45, 2.75) is 12.8 Å². The number of halogens is 1. The van der Waals surface area contributed by atoms with Gasteiger partial charge in [0.2, 0.25) is 0 Å². The van der Waals surface area contributed by atoms with Crippen LogP contribution in [-0.2, 0) is 0 Å². The van der Waals surface area contributed by atoms with Gasteiger partial charge in [0, 0.05) is 5.56 Å². The summed E-state index contributed by atoms with van der Waals surface area (Å²) in [6.07, 6.45) is 2.93. The molecule has 16 heavy (non-hydrogen) atoms. The minimum absolute atomic E-state index is 0.121. The van der Waals surface area contributed by atoms with Crippen molar-refractivity contribution in [3.8, 4) is 0 Å². The van der Waals surface area contributed by atoms with Crippen LogP contribution < -0.4 is 5.73 Å². The average molecular weight is 303 g/mol. The van der Waals surface area contributed by atoms with Crippen LogP contribution in [0.3, 0.4) is 0 Å². The van der Waals surface area contributed by atoms with Gasteiger partial charge in [-0.15, -0.1) is 0 Å². The summed E-state index contributed by atoms with van der Waals surface area (Å²) in [5, 5.41) is 7.01. The topological polar surface area (TPSA) is 49.9 Å². The maximum Gasteiger partial charge on any atom is 0.122 e. The van der Waals surface area contributed by atoms with E-state index in [2.05, 4.69) is 27.7 Å². The van der Waals surface area contributed by atoms with Gasteiger partial charge in [-0.3, -0.25) is 5.41 Å². The van der Waals surface area contributed by atoms with E-state index in [0.29, 0.717) is 0 Å². The average Bonchev–Trinajstić information content (AvgIpc) is 2.91. The highest BCUT2D eigenvalue weighted by Gasteiger charge is 1.95. The summed E-state index contributed by atoms with van der Waals surface area (Å²) in [4.78, 5) is 0. The monoisotopic (exact) mass is 302 g/mol.